The minimum absolute atomic E-state index is 0.100. The van der Waals surface area contributed by atoms with Crippen molar-refractivity contribution in [1.29, 1.82) is 0 Å². The highest BCUT2D eigenvalue weighted by Crippen LogP contribution is 2.22. The first kappa shape index (κ1) is 20.5. The van der Waals surface area contributed by atoms with Gasteiger partial charge in [-0.2, -0.15) is 0 Å². The number of nitrogens with one attached hydrogen (secondary N) is 1. The summed E-state index contributed by atoms with van der Waals surface area (Å²) in [7, 11) is 0. The van der Waals surface area contributed by atoms with Gasteiger partial charge in [0, 0.05) is 36.6 Å². The molecule has 0 unspecified atom stereocenters. The molecule has 4 rings (SSSR count). The second-order valence-corrected chi connectivity index (χ2v) is 7.50. The van der Waals surface area contributed by atoms with Crippen LogP contribution in [0.2, 0.25) is 0 Å². The van der Waals surface area contributed by atoms with Crippen LogP contribution >= 0.6 is 0 Å². The van der Waals surface area contributed by atoms with Gasteiger partial charge in [-0.1, -0.05) is 18.2 Å². The fraction of sp³-hybridized carbons (Fsp3) is 0.208. The van der Waals surface area contributed by atoms with Crippen molar-refractivity contribution in [1.82, 2.24) is 9.88 Å². The molecule has 1 aliphatic heterocycles. The Labute approximate surface area is 180 Å². The molecular weight excluding hydrogens is 395 g/mol. The van der Waals surface area contributed by atoms with Gasteiger partial charge >= 0.3 is 6.03 Å². The molecule has 2 heterocycles. The zero-order valence-corrected chi connectivity index (χ0v) is 17.2. The molecule has 158 valence electrons. The van der Waals surface area contributed by atoms with Gasteiger partial charge < -0.3 is 10.2 Å². The molecule has 31 heavy (non-hydrogen) atoms. The SMILES string of the molecule is Cc1cccc(NC(=O)c2ccc(N3CCCN(Cc4ccc(F)cc4)C3=O)cc2)n1. The van der Waals surface area contributed by atoms with Crippen LogP contribution in [0.15, 0.2) is 66.7 Å². The summed E-state index contributed by atoms with van der Waals surface area (Å²) in [6, 6.07) is 18.5. The van der Waals surface area contributed by atoms with Crippen LogP contribution in [0.1, 0.15) is 28.0 Å². The van der Waals surface area contributed by atoms with Crippen molar-refractivity contribution >= 4 is 23.4 Å². The Kier molecular flexibility index (Phi) is 5.93. The summed E-state index contributed by atoms with van der Waals surface area (Å²) in [5.74, 6) is -0.0538. The van der Waals surface area contributed by atoms with E-state index < -0.39 is 0 Å². The van der Waals surface area contributed by atoms with E-state index in [1.165, 1.54) is 12.1 Å². The molecular formula is C24H23FN4O2. The fourth-order valence-corrected chi connectivity index (χ4v) is 3.57. The highest BCUT2D eigenvalue weighted by Gasteiger charge is 2.27. The summed E-state index contributed by atoms with van der Waals surface area (Å²) in [5.41, 5.74) is 2.93. The second-order valence-electron chi connectivity index (χ2n) is 7.50. The first-order valence-electron chi connectivity index (χ1n) is 10.2. The van der Waals surface area contributed by atoms with Gasteiger partial charge in [0.25, 0.3) is 5.91 Å². The van der Waals surface area contributed by atoms with Crippen molar-refractivity contribution in [2.75, 3.05) is 23.3 Å². The Balaban J connectivity index is 1.43. The van der Waals surface area contributed by atoms with Gasteiger partial charge in [0.15, 0.2) is 0 Å². The Morgan fingerprint density at radius 1 is 1.03 bits per heavy atom. The molecule has 0 bridgehead atoms. The summed E-state index contributed by atoms with van der Waals surface area (Å²) in [6.07, 6.45) is 0.828. The highest BCUT2D eigenvalue weighted by atomic mass is 19.1. The van der Waals surface area contributed by atoms with Crippen LogP contribution in [0.25, 0.3) is 0 Å². The highest BCUT2D eigenvalue weighted by molar-refractivity contribution is 6.04. The molecule has 0 atom stereocenters. The Bertz CT molecular complexity index is 1080. The maximum absolute atomic E-state index is 13.1. The molecule has 1 fully saturated rings. The molecule has 6 nitrogen and oxygen atoms in total. The quantitative estimate of drug-likeness (QED) is 0.658. The number of amides is 3. The van der Waals surface area contributed by atoms with Crippen LogP contribution in [-0.4, -0.2) is 34.9 Å². The van der Waals surface area contributed by atoms with Gasteiger partial charge in [-0.25, -0.2) is 14.2 Å². The van der Waals surface area contributed by atoms with E-state index >= 15 is 0 Å². The molecule has 0 radical (unpaired) electrons. The van der Waals surface area contributed by atoms with Crippen LogP contribution in [0.4, 0.5) is 20.7 Å². The van der Waals surface area contributed by atoms with Crippen LogP contribution in [0.5, 0.6) is 0 Å². The maximum Gasteiger partial charge on any atom is 0.324 e. The number of carbonyl (C=O) groups is 2. The first-order chi connectivity index (χ1) is 15.0. The normalized spacial score (nSPS) is 13.9. The third-order valence-electron chi connectivity index (χ3n) is 5.17. The number of nitrogens with zero attached hydrogens (tertiary/aromatic N) is 3. The predicted octanol–water partition coefficient (Wildman–Crippen LogP) is 4.61. The van der Waals surface area contributed by atoms with E-state index in [-0.39, 0.29) is 17.8 Å². The molecule has 1 aromatic heterocycles. The lowest BCUT2D eigenvalue weighted by Gasteiger charge is -2.35. The second kappa shape index (κ2) is 8.95. The van der Waals surface area contributed by atoms with E-state index in [2.05, 4.69) is 10.3 Å². The number of hydrogen-bond acceptors (Lipinski definition) is 3. The minimum atomic E-state index is -0.294. The van der Waals surface area contributed by atoms with Crippen molar-refractivity contribution in [2.24, 2.45) is 0 Å². The molecule has 0 saturated carbocycles. The monoisotopic (exact) mass is 418 g/mol. The lowest BCUT2D eigenvalue weighted by Crippen LogP contribution is -2.49. The van der Waals surface area contributed by atoms with Gasteiger partial charge in [-0.15, -0.1) is 0 Å². The zero-order chi connectivity index (χ0) is 21.8. The van der Waals surface area contributed by atoms with Crippen LogP contribution in [-0.2, 0) is 6.54 Å². The number of hydrogen-bond donors (Lipinski definition) is 1. The van der Waals surface area contributed by atoms with E-state index in [1.807, 2.05) is 19.1 Å². The molecule has 0 spiro atoms. The number of rotatable bonds is 5. The van der Waals surface area contributed by atoms with Crippen LogP contribution in [0, 0.1) is 12.7 Å². The molecule has 2 aromatic carbocycles. The number of aromatic nitrogens is 1. The summed E-state index contributed by atoms with van der Waals surface area (Å²) in [5, 5.41) is 2.78. The van der Waals surface area contributed by atoms with Gasteiger partial charge in [0.2, 0.25) is 0 Å². The van der Waals surface area contributed by atoms with E-state index in [0.717, 1.165) is 23.4 Å². The third kappa shape index (κ3) is 4.88. The van der Waals surface area contributed by atoms with Gasteiger partial charge in [0.05, 0.1) is 0 Å². The molecule has 1 N–H and O–H groups in total. The lowest BCUT2D eigenvalue weighted by molar-refractivity contribution is 0.102. The number of anilines is 2. The van der Waals surface area contributed by atoms with E-state index in [4.69, 9.17) is 0 Å². The summed E-state index contributed by atoms with van der Waals surface area (Å²) < 4.78 is 13.1. The summed E-state index contributed by atoms with van der Waals surface area (Å²) in [6.45, 7) is 3.55. The number of pyridine rings is 1. The summed E-state index contributed by atoms with van der Waals surface area (Å²) in [4.78, 5) is 33.2. The van der Waals surface area contributed by atoms with Crippen molar-refractivity contribution in [2.45, 2.75) is 19.9 Å². The van der Waals surface area contributed by atoms with Crippen LogP contribution in [0.3, 0.4) is 0 Å². The molecule has 3 amide bonds. The number of halogens is 1. The number of benzene rings is 2. The molecule has 1 aliphatic rings. The van der Waals surface area contributed by atoms with Crippen molar-refractivity contribution in [3.63, 3.8) is 0 Å². The molecule has 3 aromatic rings. The standard InChI is InChI=1S/C24H23FN4O2/c1-17-4-2-5-22(26-17)27-23(30)19-8-12-21(13-9-19)29-15-3-14-28(24(29)31)16-18-6-10-20(25)11-7-18/h2,4-13H,3,14-16H2,1H3,(H,26,27,30). The number of carbonyl (C=O) groups excluding carboxylic acids is 2. The zero-order valence-electron chi connectivity index (χ0n) is 17.2. The minimum Gasteiger partial charge on any atom is -0.320 e. The fourth-order valence-electron chi connectivity index (χ4n) is 3.57. The Hall–Kier alpha value is -3.74. The smallest absolute Gasteiger partial charge is 0.320 e. The number of urea groups is 1. The maximum atomic E-state index is 13.1. The molecule has 0 aliphatic carbocycles. The van der Waals surface area contributed by atoms with Gasteiger partial charge in [0.1, 0.15) is 11.6 Å². The third-order valence-corrected chi connectivity index (χ3v) is 5.17. The Morgan fingerprint density at radius 2 is 1.77 bits per heavy atom. The van der Waals surface area contributed by atoms with E-state index in [1.54, 1.807) is 52.3 Å². The van der Waals surface area contributed by atoms with Gasteiger partial charge in [-0.3, -0.25) is 9.69 Å². The van der Waals surface area contributed by atoms with Crippen LogP contribution < -0.4 is 10.2 Å². The first-order valence-corrected chi connectivity index (χ1v) is 10.2. The topological polar surface area (TPSA) is 65.5 Å². The number of aryl methyl sites for hydroxylation is 1. The van der Waals surface area contributed by atoms with E-state index in [9.17, 15) is 14.0 Å². The molecule has 1 saturated heterocycles. The average Bonchev–Trinajstić information content (AvgIpc) is 2.77. The largest absolute Gasteiger partial charge is 0.324 e. The van der Waals surface area contributed by atoms with Crippen molar-refractivity contribution in [3.05, 3.63) is 89.4 Å². The predicted molar refractivity (Wildman–Crippen MR) is 118 cm³/mol. The van der Waals surface area contributed by atoms with Gasteiger partial charge in [-0.05, 0) is 67.4 Å². The average molecular weight is 418 g/mol. The van der Waals surface area contributed by atoms with E-state index in [0.29, 0.717) is 31.0 Å². The lowest BCUT2D eigenvalue weighted by atomic mass is 10.1. The van der Waals surface area contributed by atoms with Crippen molar-refractivity contribution < 1.29 is 14.0 Å². The molecule has 7 heteroatoms. The Morgan fingerprint density at radius 3 is 2.48 bits per heavy atom. The summed E-state index contributed by atoms with van der Waals surface area (Å²) >= 11 is 0. The van der Waals surface area contributed by atoms with Crippen molar-refractivity contribution in [3.8, 4) is 0 Å².